The number of thiophene rings is 1. The van der Waals surface area contributed by atoms with E-state index in [1.165, 1.54) is 18.4 Å². The number of sulfonamides is 1. The molecule has 0 aliphatic rings. The first-order valence-corrected chi connectivity index (χ1v) is 6.06. The van der Waals surface area contributed by atoms with E-state index in [2.05, 4.69) is 4.72 Å². The average Bonchev–Trinajstić information content (AvgIpc) is 2.55. The molecule has 13 heavy (non-hydrogen) atoms. The Morgan fingerprint density at radius 3 is 2.77 bits per heavy atom. The zero-order chi connectivity index (χ0) is 9.90. The fourth-order valence-corrected chi connectivity index (χ4v) is 2.15. The van der Waals surface area contributed by atoms with Crippen LogP contribution in [0.1, 0.15) is 9.67 Å². The number of hydrogen-bond donors (Lipinski definition) is 1. The van der Waals surface area contributed by atoms with E-state index in [1.54, 1.807) is 17.5 Å². The molecule has 0 fully saturated rings. The van der Waals surface area contributed by atoms with E-state index >= 15 is 0 Å². The number of nitrogens with one attached hydrogen (secondary N) is 1. The molecule has 0 amide bonds. The van der Waals surface area contributed by atoms with Gasteiger partial charge in [-0.25, -0.2) is 13.1 Å². The van der Waals surface area contributed by atoms with Crippen LogP contribution >= 0.6 is 11.3 Å². The fraction of sp³-hybridized carbons (Fsp3) is 0.286. The van der Waals surface area contributed by atoms with Gasteiger partial charge in [0.25, 0.3) is 0 Å². The van der Waals surface area contributed by atoms with Crippen molar-refractivity contribution in [3.8, 4) is 0 Å². The third kappa shape index (κ3) is 2.91. The summed E-state index contributed by atoms with van der Waals surface area (Å²) in [6, 6.07) is 3.32. The van der Waals surface area contributed by atoms with Crippen molar-refractivity contribution >= 4 is 27.1 Å². The number of carbonyl (C=O) groups excluding carboxylic acids is 1. The lowest BCUT2D eigenvalue weighted by molar-refractivity contribution is 0.102. The highest BCUT2D eigenvalue weighted by molar-refractivity contribution is 7.90. The van der Waals surface area contributed by atoms with Crippen molar-refractivity contribution in [1.29, 1.82) is 0 Å². The van der Waals surface area contributed by atoms with Crippen molar-refractivity contribution in [2.75, 3.05) is 12.8 Å². The summed E-state index contributed by atoms with van der Waals surface area (Å²) in [6.45, 7) is 0. The highest BCUT2D eigenvalue weighted by Gasteiger charge is 2.16. The molecule has 1 N–H and O–H groups in total. The number of Topliss-reactive ketones (excluding diaryl/α,β-unsaturated/α-hetero) is 1. The monoisotopic (exact) mass is 219 g/mol. The quantitative estimate of drug-likeness (QED) is 0.749. The van der Waals surface area contributed by atoms with Crippen LogP contribution in [0.25, 0.3) is 0 Å². The summed E-state index contributed by atoms with van der Waals surface area (Å²) in [5.41, 5.74) is 0. The topological polar surface area (TPSA) is 63.2 Å². The molecule has 1 heterocycles. The summed E-state index contributed by atoms with van der Waals surface area (Å²) in [5.74, 6) is -0.853. The third-order valence-corrected chi connectivity index (χ3v) is 3.60. The van der Waals surface area contributed by atoms with Gasteiger partial charge in [0, 0.05) is 0 Å². The lowest BCUT2D eigenvalue weighted by Crippen LogP contribution is -2.26. The normalized spacial score (nSPS) is 11.5. The van der Waals surface area contributed by atoms with Crippen LogP contribution in [-0.4, -0.2) is 27.0 Å². The predicted octanol–water partition coefficient (Wildman–Crippen LogP) is 0.480. The minimum absolute atomic E-state index is 0.371. The van der Waals surface area contributed by atoms with Gasteiger partial charge >= 0.3 is 0 Å². The van der Waals surface area contributed by atoms with Crippen molar-refractivity contribution in [2.24, 2.45) is 0 Å². The molecule has 6 heteroatoms. The Hall–Kier alpha value is -0.720. The van der Waals surface area contributed by atoms with Gasteiger partial charge < -0.3 is 0 Å². The lowest BCUT2D eigenvalue weighted by atomic mass is 10.4. The van der Waals surface area contributed by atoms with Crippen molar-refractivity contribution in [3.05, 3.63) is 22.4 Å². The minimum atomic E-state index is -3.44. The molecule has 0 aromatic carbocycles. The summed E-state index contributed by atoms with van der Waals surface area (Å²) in [7, 11) is -2.15. The molecule has 0 saturated carbocycles. The second-order valence-corrected chi connectivity index (χ2v) is 5.24. The highest BCUT2D eigenvalue weighted by Crippen LogP contribution is 2.09. The van der Waals surface area contributed by atoms with Crippen LogP contribution in [0.2, 0.25) is 0 Å². The van der Waals surface area contributed by atoms with E-state index in [9.17, 15) is 13.2 Å². The SMILES string of the molecule is CNS(=O)(=O)CC(=O)c1cccs1. The van der Waals surface area contributed by atoms with Gasteiger partial charge in [0.05, 0.1) is 4.88 Å². The summed E-state index contributed by atoms with van der Waals surface area (Å²) in [6.07, 6.45) is 0. The van der Waals surface area contributed by atoms with Crippen LogP contribution in [-0.2, 0) is 10.0 Å². The number of ketones is 1. The molecule has 0 radical (unpaired) electrons. The second kappa shape index (κ2) is 3.99. The lowest BCUT2D eigenvalue weighted by Gasteiger charge is -1.98. The van der Waals surface area contributed by atoms with Gasteiger partial charge in [0.15, 0.2) is 5.78 Å². The molecule has 1 rings (SSSR count). The molecule has 0 atom stereocenters. The molecule has 1 aromatic heterocycles. The summed E-state index contributed by atoms with van der Waals surface area (Å²) >= 11 is 1.24. The van der Waals surface area contributed by atoms with Crippen LogP contribution in [0.4, 0.5) is 0 Å². The molecule has 0 aliphatic carbocycles. The Balaban J connectivity index is 2.73. The van der Waals surface area contributed by atoms with E-state index in [1.807, 2.05) is 0 Å². The molecule has 0 unspecified atom stereocenters. The molecule has 4 nitrogen and oxygen atoms in total. The van der Waals surface area contributed by atoms with Gasteiger partial charge in [0.1, 0.15) is 5.75 Å². The third-order valence-electron chi connectivity index (χ3n) is 1.43. The highest BCUT2D eigenvalue weighted by atomic mass is 32.2. The average molecular weight is 219 g/mol. The van der Waals surface area contributed by atoms with Gasteiger partial charge in [0.2, 0.25) is 10.0 Å². The predicted molar refractivity (Wildman–Crippen MR) is 51.5 cm³/mol. The second-order valence-electron chi connectivity index (χ2n) is 2.36. The molecule has 72 valence electrons. The zero-order valence-corrected chi connectivity index (χ0v) is 8.61. The molecule has 0 spiro atoms. The molecule has 0 aliphatic heterocycles. The van der Waals surface area contributed by atoms with Crippen molar-refractivity contribution in [2.45, 2.75) is 0 Å². The first-order valence-electron chi connectivity index (χ1n) is 3.53. The molecule has 0 bridgehead atoms. The van der Waals surface area contributed by atoms with Gasteiger partial charge in [-0.3, -0.25) is 4.79 Å². The fourth-order valence-electron chi connectivity index (χ4n) is 0.753. The van der Waals surface area contributed by atoms with Gasteiger partial charge in [-0.2, -0.15) is 0 Å². The van der Waals surface area contributed by atoms with Gasteiger partial charge in [-0.15, -0.1) is 11.3 Å². The van der Waals surface area contributed by atoms with Gasteiger partial charge in [-0.05, 0) is 18.5 Å². The molecular formula is C7H9NO3S2. The van der Waals surface area contributed by atoms with Crippen molar-refractivity contribution in [1.82, 2.24) is 4.72 Å². The van der Waals surface area contributed by atoms with Crippen molar-refractivity contribution < 1.29 is 13.2 Å². The Labute approximate surface area is 80.6 Å². The smallest absolute Gasteiger partial charge is 0.218 e. The largest absolute Gasteiger partial charge is 0.292 e. The van der Waals surface area contributed by atoms with Crippen LogP contribution in [0.5, 0.6) is 0 Å². The maximum Gasteiger partial charge on any atom is 0.218 e. The van der Waals surface area contributed by atoms with Crippen LogP contribution in [0.3, 0.4) is 0 Å². The molecule has 1 aromatic rings. The molecular weight excluding hydrogens is 210 g/mol. The van der Waals surface area contributed by atoms with E-state index in [0.717, 1.165) is 0 Å². The minimum Gasteiger partial charge on any atom is -0.292 e. The Kier molecular flexibility index (Phi) is 3.18. The Morgan fingerprint density at radius 1 is 1.62 bits per heavy atom. The Morgan fingerprint density at radius 2 is 2.31 bits per heavy atom. The summed E-state index contributed by atoms with van der Waals surface area (Å²) in [5, 5.41) is 1.74. The molecule has 0 saturated heterocycles. The van der Waals surface area contributed by atoms with Crippen molar-refractivity contribution in [3.63, 3.8) is 0 Å². The summed E-state index contributed by atoms with van der Waals surface area (Å²) < 4.78 is 24.0. The number of hydrogen-bond acceptors (Lipinski definition) is 4. The van der Waals surface area contributed by atoms with Crippen LogP contribution in [0, 0.1) is 0 Å². The van der Waals surface area contributed by atoms with Crippen LogP contribution < -0.4 is 4.72 Å². The van der Waals surface area contributed by atoms with E-state index in [4.69, 9.17) is 0 Å². The standard InChI is InChI=1S/C7H9NO3S2/c1-8-13(10,11)5-6(9)7-3-2-4-12-7/h2-4,8H,5H2,1H3. The Bertz CT molecular complexity index is 380. The first kappa shape index (κ1) is 10.4. The van der Waals surface area contributed by atoms with E-state index < -0.39 is 15.8 Å². The van der Waals surface area contributed by atoms with Gasteiger partial charge in [-0.1, -0.05) is 6.07 Å². The maximum atomic E-state index is 11.3. The van der Waals surface area contributed by atoms with E-state index in [-0.39, 0.29) is 5.78 Å². The van der Waals surface area contributed by atoms with E-state index in [0.29, 0.717) is 4.88 Å². The number of rotatable bonds is 4. The first-order chi connectivity index (χ1) is 6.05. The zero-order valence-electron chi connectivity index (χ0n) is 6.98. The summed E-state index contributed by atoms with van der Waals surface area (Å²) in [4.78, 5) is 11.7. The maximum absolute atomic E-state index is 11.3. The van der Waals surface area contributed by atoms with Crippen LogP contribution in [0.15, 0.2) is 17.5 Å². The number of carbonyl (C=O) groups is 1.